The number of benzene rings is 1. The van der Waals surface area contributed by atoms with Gasteiger partial charge < -0.3 is 5.32 Å². The number of amides is 1. The molecule has 1 aromatic carbocycles. The monoisotopic (exact) mass is 379 g/mol. The number of carbonyl (C=O) groups is 1. The molecule has 1 saturated carbocycles. The highest BCUT2D eigenvalue weighted by Crippen LogP contribution is 2.19. The summed E-state index contributed by atoms with van der Waals surface area (Å²) in [6.45, 7) is 3.39. The molecule has 1 heterocycles. The molecule has 1 atom stereocenters. The van der Waals surface area contributed by atoms with Crippen LogP contribution in [0.5, 0.6) is 0 Å². The second kappa shape index (κ2) is 8.50. The van der Waals surface area contributed by atoms with Gasteiger partial charge in [0.25, 0.3) is 0 Å². The predicted octanol–water partition coefficient (Wildman–Crippen LogP) is 1.88. The Bertz CT molecular complexity index is 694. The van der Waals surface area contributed by atoms with Crippen LogP contribution in [0.1, 0.15) is 45.4 Å². The van der Waals surface area contributed by atoms with Crippen LogP contribution in [0.3, 0.4) is 0 Å². The Hall–Kier alpha value is -1.44. The Morgan fingerprint density at radius 3 is 2.27 bits per heavy atom. The van der Waals surface area contributed by atoms with Gasteiger partial charge in [-0.05, 0) is 44.7 Å². The third-order valence-electron chi connectivity index (χ3n) is 5.53. The van der Waals surface area contributed by atoms with Crippen molar-refractivity contribution in [3.63, 3.8) is 0 Å². The average Bonchev–Trinajstić information content (AvgIpc) is 3.15. The van der Waals surface area contributed by atoms with Gasteiger partial charge in [-0.15, -0.1) is 0 Å². The van der Waals surface area contributed by atoms with Crippen LogP contribution >= 0.6 is 0 Å². The Morgan fingerprint density at radius 1 is 1.04 bits per heavy atom. The van der Waals surface area contributed by atoms with Crippen molar-refractivity contribution in [3.8, 4) is 0 Å². The van der Waals surface area contributed by atoms with Crippen molar-refractivity contribution in [2.45, 2.75) is 68.5 Å². The molecule has 2 N–H and O–H groups in total. The van der Waals surface area contributed by atoms with E-state index in [2.05, 4.69) is 14.9 Å². The molecular weight excluding hydrogens is 350 g/mol. The lowest BCUT2D eigenvalue weighted by atomic mass is 10.0. The first kappa shape index (κ1) is 19.3. The second-order valence-corrected chi connectivity index (χ2v) is 9.12. The molecule has 1 aliphatic heterocycles. The minimum atomic E-state index is -3.48. The van der Waals surface area contributed by atoms with Crippen LogP contribution in [-0.2, 0) is 14.8 Å². The van der Waals surface area contributed by atoms with Crippen LogP contribution in [0.2, 0.25) is 0 Å². The smallest absolute Gasteiger partial charge is 0.240 e. The predicted molar refractivity (Wildman–Crippen MR) is 101 cm³/mol. The third-order valence-corrected chi connectivity index (χ3v) is 7.07. The number of sulfonamides is 1. The molecule has 26 heavy (non-hydrogen) atoms. The molecule has 7 heteroatoms. The van der Waals surface area contributed by atoms with Gasteiger partial charge in [0.15, 0.2) is 0 Å². The standard InChI is InChI=1S/C19H29N3O3S/c1-15(19(23)20-16-7-5-6-8-16)22-13-11-17(12-14-22)21-26(24,25)18-9-3-2-4-10-18/h2-4,9-10,15-17,21H,5-8,11-14H2,1H3,(H,20,23). The van der Waals surface area contributed by atoms with Gasteiger partial charge in [-0.1, -0.05) is 31.0 Å². The van der Waals surface area contributed by atoms with Crippen LogP contribution in [0.15, 0.2) is 35.2 Å². The molecule has 0 bridgehead atoms. The summed E-state index contributed by atoms with van der Waals surface area (Å²) < 4.78 is 27.7. The van der Waals surface area contributed by atoms with E-state index in [1.807, 2.05) is 6.92 Å². The number of rotatable bonds is 6. The third kappa shape index (κ3) is 4.84. The van der Waals surface area contributed by atoms with Crippen LogP contribution < -0.4 is 10.0 Å². The molecule has 1 aliphatic carbocycles. The van der Waals surface area contributed by atoms with E-state index in [1.165, 1.54) is 12.8 Å². The largest absolute Gasteiger partial charge is 0.352 e. The summed E-state index contributed by atoms with van der Waals surface area (Å²) in [5, 5.41) is 3.15. The molecule has 2 aliphatic rings. The zero-order valence-corrected chi connectivity index (χ0v) is 16.2. The van der Waals surface area contributed by atoms with Gasteiger partial charge in [0, 0.05) is 25.2 Å². The summed E-state index contributed by atoms with van der Waals surface area (Å²) in [4.78, 5) is 14.9. The number of nitrogens with one attached hydrogen (secondary N) is 2. The summed E-state index contributed by atoms with van der Waals surface area (Å²) in [6.07, 6.45) is 6.00. The van der Waals surface area contributed by atoms with E-state index in [4.69, 9.17) is 0 Å². The molecule has 0 spiro atoms. The molecule has 2 fully saturated rings. The van der Waals surface area contributed by atoms with Crippen molar-refractivity contribution in [1.82, 2.24) is 14.9 Å². The summed E-state index contributed by atoms with van der Waals surface area (Å²) in [7, 11) is -3.48. The summed E-state index contributed by atoms with van der Waals surface area (Å²) >= 11 is 0. The van der Waals surface area contributed by atoms with E-state index in [1.54, 1.807) is 30.3 Å². The topological polar surface area (TPSA) is 78.5 Å². The fourth-order valence-electron chi connectivity index (χ4n) is 3.85. The fraction of sp³-hybridized carbons (Fsp3) is 0.632. The molecule has 3 rings (SSSR count). The van der Waals surface area contributed by atoms with Crippen LogP contribution in [0, 0.1) is 0 Å². The lowest BCUT2D eigenvalue weighted by molar-refractivity contribution is -0.127. The Balaban J connectivity index is 1.48. The molecule has 144 valence electrons. The minimum absolute atomic E-state index is 0.0819. The highest BCUT2D eigenvalue weighted by molar-refractivity contribution is 7.89. The van der Waals surface area contributed by atoms with Gasteiger partial charge in [0.05, 0.1) is 10.9 Å². The van der Waals surface area contributed by atoms with Crippen molar-refractivity contribution < 1.29 is 13.2 Å². The Morgan fingerprint density at radius 2 is 1.65 bits per heavy atom. The molecule has 6 nitrogen and oxygen atoms in total. The van der Waals surface area contributed by atoms with Crippen molar-refractivity contribution in [2.24, 2.45) is 0 Å². The molecule has 0 radical (unpaired) electrons. The summed E-state index contributed by atoms with van der Waals surface area (Å²) in [5.41, 5.74) is 0. The van der Waals surface area contributed by atoms with E-state index >= 15 is 0 Å². The fourth-order valence-corrected chi connectivity index (χ4v) is 5.18. The van der Waals surface area contributed by atoms with E-state index in [-0.39, 0.29) is 18.0 Å². The zero-order valence-electron chi connectivity index (χ0n) is 15.4. The highest BCUT2D eigenvalue weighted by atomic mass is 32.2. The first-order chi connectivity index (χ1) is 12.5. The van der Waals surface area contributed by atoms with Gasteiger partial charge in [-0.2, -0.15) is 0 Å². The number of likely N-dealkylation sites (tertiary alicyclic amines) is 1. The van der Waals surface area contributed by atoms with Crippen molar-refractivity contribution in [1.29, 1.82) is 0 Å². The van der Waals surface area contributed by atoms with Crippen LogP contribution in [0.4, 0.5) is 0 Å². The van der Waals surface area contributed by atoms with Gasteiger partial charge in [0.2, 0.25) is 15.9 Å². The van der Waals surface area contributed by atoms with Crippen molar-refractivity contribution in [2.75, 3.05) is 13.1 Å². The molecule has 1 unspecified atom stereocenters. The Kier molecular flexibility index (Phi) is 6.32. The van der Waals surface area contributed by atoms with Gasteiger partial charge in [-0.25, -0.2) is 13.1 Å². The summed E-state index contributed by atoms with van der Waals surface area (Å²) in [6, 6.07) is 8.54. The number of carbonyl (C=O) groups excluding carboxylic acids is 1. The van der Waals surface area contributed by atoms with E-state index in [0.29, 0.717) is 23.8 Å². The normalized spacial score (nSPS) is 21.6. The summed E-state index contributed by atoms with van der Waals surface area (Å²) in [5.74, 6) is 0.0974. The lowest BCUT2D eigenvalue weighted by Crippen LogP contribution is -2.52. The van der Waals surface area contributed by atoms with Crippen LogP contribution in [0.25, 0.3) is 0 Å². The maximum Gasteiger partial charge on any atom is 0.240 e. The number of piperidine rings is 1. The SMILES string of the molecule is CC(C(=O)NC1CCCC1)N1CCC(NS(=O)(=O)c2ccccc2)CC1. The van der Waals surface area contributed by atoms with Gasteiger partial charge >= 0.3 is 0 Å². The first-order valence-electron chi connectivity index (χ1n) is 9.57. The van der Waals surface area contributed by atoms with Gasteiger partial charge in [-0.3, -0.25) is 9.69 Å². The van der Waals surface area contributed by atoms with Crippen molar-refractivity contribution >= 4 is 15.9 Å². The molecule has 0 aromatic heterocycles. The average molecular weight is 380 g/mol. The van der Waals surface area contributed by atoms with Crippen LogP contribution in [-0.4, -0.2) is 50.4 Å². The molecular formula is C19H29N3O3S. The highest BCUT2D eigenvalue weighted by Gasteiger charge is 2.30. The zero-order chi connectivity index (χ0) is 18.6. The first-order valence-corrected chi connectivity index (χ1v) is 11.1. The van der Waals surface area contributed by atoms with E-state index < -0.39 is 10.0 Å². The van der Waals surface area contributed by atoms with Crippen molar-refractivity contribution in [3.05, 3.63) is 30.3 Å². The maximum absolute atomic E-state index is 12.4. The maximum atomic E-state index is 12.4. The number of hydrogen-bond donors (Lipinski definition) is 2. The lowest BCUT2D eigenvalue weighted by Gasteiger charge is -2.35. The molecule has 1 saturated heterocycles. The number of nitrogens with zero attached hydrogens (tertiary/aromatic N) is 1. The second-order valence-electron chi connectivity index (χ2n) is 7.41. The van der Waals surface area contributed by atoms with E-state index in [0.717, 1.165) is 25.9 Å². The van der Waals surface area contributed by atoms with Gasteiger partial charge in [0.1, 0.15) is 0 Å². The molecule has 1 amide bonds. The molecule has 1 aromatic rings. The Labute approximate surface area is 156 Å². The minimum Gasteiger partial charge on any atom is -0.352 e. The quantitative estimate of drug-likeness (QED) is 0.791. The number of hydrogen-bond acceptors (Lipinski definition) is 4. The van der Waals surface area contributed by atoms with E-state index in [9.17, 15) is 13.2 Å².